The quantitative estimate of drug-likeness (QED) is 0.664. The van der Waals surface area contributed by atoms with Crippen molar-refractivity contribution in [2.75, 3.05) is 13.2 Å². The average Bonchev–Trinajstić information content (AvgIpc) is 3.10. The monoisotopic (exact) mass is 413 g/mol. The number of rotatable bonds is 6. The van der Waals surface area contributed by atoms with Crippen LogP contribution in [-0.2, 0) is 15.8 Å². The van der Waals surface area contributed by atoms with E-state index in [2.05, 4.69) is 0 Å². The van der Waals surface area contributed by atoms with Crippen molar-refractivity contribution >= 4 is 33.2 Å². The maximum atomic E-state index is 13.0. The van der Waals surface area contributed by atoms with Crippen molar-refractivity contribution in [3.63, 3.8) is 0 Å². The van der Waals surface area contributed by atoms with E-state index in [1.807, 2.05) is 31.2 Å². The highest BCUT2D eigenvalue weighted by atomic mass is 35.5. The summed E-state index contributed by atoms with van der Waals surface area (Å²) in [5.74, 6) is 0.705. The standard InChI is InChI=1S/C19H21Cl2NO3S/c1-2-25-16-8-6-15(7-9-16)19-4-3-11-22(19)26(23,24)13-14-5-10-17(20)18(21)12-14/h5-10,12,19H,2-4,11,13H2,1H3. The summed E-state index contributed by atoms with van der Waals surface area (Å²) in [5, 5.41) is 0.783. The van der Waals surface area contributed by atoms with Gasteiger partial charge < -0.3 is 4.74 Å². The van der Waals surface area contributed by atoms with E-state index >= 15 is 0 Å². The third-order valence-electron chi connectivity index (χ3n) is 4.47. The van der Waals surface area contributed by atoms with Crippen LogP contribution in [0, 0.1) is 0 Å². The van der Waals surface area contributed by atoms with Gasteiger partial charge in [0.2, 0.25) is 10.0 Å². The molecule has 140 valence electrons. The van der Waals surface area contributed by atoms with Gasteiger partial charge in [0, 0.05) is 12.6 Å². The van der Waals surface area contributed by atoms with Gasteiger partial charge in [0.1, 0.15) is 5.75 Å². The van der Waals surface area contributed by atoms with E-state index in [1.54, 1.807) is 22.5 Å². The second kappa shape index (κ2) is 8.17. The van der Waals surface area contributed by atoms with Crippen LogP contribution in [0.3, 0.4) is 0 Å². The number of hydrogen-bond acceptors (Lipinski definition) is 3. The van der Waals surface area contributed by atoms with Crippen molar-refractivity contribution in [3.05, 3.63) is 63.6 Å². The fraction of sp³-hybridized carbons (Fsp3) is 0.368. The summed E-state index contributed by atoms with van der Waals surface area (Å²) in [5.41, 5.74) is 1.63. The van der Waals surface area contributed by atoms with Gasteiger partial charge >= 0.3 is 0 Å². The van der Waals surface area contributed by atoms with Gasteiger partial charge in [-0.05, 0) is 55.2 Å². The molecule has 1 heterocycles. The number of sulfonamides is 1. The van der Waals surface area contributed by atoms with Crippen LogP contribution in [0.5, 0.6) is 5.75 Å². The molecule has 2 aromatic carbocycles. The molecular weight excluding hydrogens is 393 g/mol. The Morgan fingerprint density at radius 3 is 2.50 bits per heavy atom. The first kappa shape index (κ1) is 19.5. The Balaban J connectivity index is 1.80. The lowest BCUT2D eigenvalue weighted by atomic mass is 10.1. The highest BCUT2D eigenvalue weighted by molar-refractivity contribution is 7.88. The van der Waals surface area contributed by atoms with E-state index in [-0.39, 0.29) is 11.8 Å². The summed E-state index contributed by atoms with van der Waals surface area (Å²) >= 11 is 11.9. The average molecular weight is 414 g/mol. The van der Waals surface area contributed by atoms with E-state index in [9.17, 15) is 8.42 Å². The summed E-state index contributed by atoms with van der Waals surface area (Å²) in [6.45, 7) is 3.07. The number of hydrogen-bond donors (Lipinski definition) is 0. The molecule has 1 atom stereocenters. The van der Waals surface area contributed by atoms with E-state index in [4.69, 9.17) is 27.9 Å². The molecule has 1 aliphatic heterocycles. The maximum Gasteiger partial charge on any atom is 0.218 e. The van der Waals surface area contributed by atoms with E-state index in [0.29, 0.717) is 28.8 Å². The molecule has 0 aromatic heterocycles. The SMILES string of the molecule is CCOc1ccc(C2CCCN2S(=O)(=O)Cc2ccc(Cl)c(Cl)c2)cc1. The molecule has 0 amide bonds. The van der Waals surface area contributed by atoms with Crippen molar-refractivity contribution in [2.24, 2.45) is 0 Å². The Labute approximate surface area is 164 Å². The van der Waals surface area contributed by atoms with Crippen molar-refractivity contribution in [3.8, 4) is 5.75 Å². The normalized spacial score (nSPS) is 18.2. The third kappa shape index (κ3) is 4.34. The highest BCUT2D eigenvalue weighted by Crippen LogP contribution is 2.36. The van der Waals surface area contributed by atoms with Crippen molar-refractivity contribution in [1.29, 1.82) is 0 Å². The van der Waals surface area contributed by atoms with Gasteiger partial charge in [-0.2, -0.15) is 4.31 Å². The Morgan fingerprint density at radius 2 is 1.85 bits per heavy atom. The first-order valence-electron chi connectivity index (χ1n) is 8.57. The van der Waals surface area contributed by atoms with Crippen LogP contribution in [-0.4, -0.2) is 25.9 Å². The second-order valence-corrected chi connectivity index (χ2v) is 9.01. The number of halogens is 2. The van der Waals surface area contributed by atoms with Crippen molar-refractivity contribution < 1.29 is 13.2 Å². The largest absolute Gasteiger partial charge is 0.494 e. The summed E-state index contributed by atoms with van der Waals surface area (Å²) in [7, 11) is -3.46. The minimum Gasteiger partial charge on any atom is -0.494 e. The zero-order valence-electron chi connectivity index (χ0n) is 14.5. The van der Waals surface area contributed by atoms with Gasteiger partial charge in [-0.3, -0.25) is 0 Å². The number of nitrogens with zero attached hydrogens (tertiary/aromatic N) is 1. The maximum absolute atomic E-state index is 13.0. The molecular formula is C19H21Cl2NO3S. The molecule has 0 spiro atoms. The van der Waals surface area contributed by atoms with Crippen molar-refractivity contribution in [1.82, 2.24) is 4.31 Å². The molecule has 1 aliphatic rings. The fourth-order valence-electron chi connectivity index (χ4n) is 3.28. The van der Waals surface area contributed by atoms with Crippen LogP contribution in [0.4, 0.5) is 0 Å². The minimum atomic E-state index is -3.46. The summed E-state index contributed by atoms with van der Waals surface area (Å²) in [6, 6.07) is 12.5. The molecule has 1 saturated heterocycles. The Morgan fingerprint density at radius 1 is 1.12 bits per heavy atom. The lowest BCUT2D eigenvalue weighted by Crippen LogP contribution is -2.31. The molecule has 7 heteroatoms. The smallest absolute Gasteiger partial charge is 0.218 e. The van der Waals surface area contributed by atoms with Crippen LogP contribution in [0.1, 0.15) is 36.9 Å². The minimum absolute atomic E-state index is 0.0859. The molecule has 2 aromatic rings. The van der Waals surface area contributed by atoms with Crippen molar-refractivity contribution in [2.45, 2.75) is 31.6 Å². The predicted molar refractivity (Wildman–Crippen MR) is 105 cm³/mol. The molecule has 0 radical (unpaired) electrons. The van der Waals surface area contributed by atoms with Gasteiger partial charge in [-0.25, -0.2) is 8.42 Å². The van der Waals surface area contributed by atoms with Crippen LogP contribution < -0.4 is 4.74 Å². The summed E-state index contributed by atoms with van der Waals surface area (Å²) < 4.78 is 33.0. The lowest BCUT2D eigenvalue weighted by Gasteiger charge is -2.24. The molecule has 26 heavy (non-hydrogen) atoms. The van der Waals surface area contributed by atoms with E-state index in [1.165, 1.54) is 0 Å². The number of ether oxygens (including phenoxy) is 1. The van der Waals surface area contributed by atoms with E-state index < -0.39 is 10.0 Å². The second-order valence-electron chi connectivity index (χ2n) is 6.28. The fourth-order valence-corrected chi connectivity index (χ4v) is 5.39. The van der Waals surface area contributed by atoms with Crippen LogP contribution in [0.2, 0.25) is 10.0 Å². The van der Waals surface area contributed by atoms with Gasteiger partial charge in [-0.1, -0.05) is 41.4 Å². The van der Waals surface area contributed by atoms with Crippen LogP contribution >= 0.6 is 23.2 Å². The predicted octanol–water partition coefficient (Wildman–Crippen LogP) is 5.06. The molecule has 0 aliphatic carbocycles. The lowest BCUT2D eigenvalue weighted by molar-refractivity contribution is 0.339. The number of benzene rings is 2. The zero-order chi connectivity index (χ0) is 18.7. The topological polar surface area (TPSA) is 46.6 Å². The van der Waals surface area contributed by atoms with Gasteiger partial charge in [0.05, 0.1) is 22.4 Å². The first-order chi connectivity index (χ1) is 12.4. The molecule has 0 saturated carbocycles. The zero-order valence-corrected chi connectivity index (χ0v) is 16.8. The van der Waals surface area contributed by atoms with Crippen LogP contribution in [0.25, 0.3) is 0 Å². The summed E-state index contributed by atoms with van der Waals surface area (Å²) in [4.78, 5) is 0. The molecule has 0 bridgehead atoms. The van der Waals surface area contributed by atoms with Gasteiger partial charge in [0.15, 0.2) is 0 Å². The Bertz CT molecular complexity index is 869. The third-order valence-corrected chi connectivity index (χ3v) is 7.06. The Kier molecular flexibility index (Phi) is 6.13. The molecule has 3 rings (SSSR count). The van der Waals surface area contributed by atoms with Gasteiger partial charge in [0.25, 0.3) is 0 Å². The summed E-state index contributed by atoms with van der Waals surface area (Å²) in [6.07, 6.45) is 1.66. The highest BCUT2D eigenvalue weighted by Gasteiger charge is 2.35. The molecule has 4 nitrogen and oxygen atoms in total. The van der Waals surface area contributed by atoms with Gasteiger partial charge in [-0.15, -0.1) is 0 Å². The van der Waals surface area contributed by atoms with Crippen LogP contribution in [0.15, 0.2) is 42.5 Å². The van der Waals surface area contributed by atoms with E-state index in [0.717, 1.165) is 24.2 Å². The molecule has 1 fully saturated rings. The first-order valence-corrected chi connectivity index (χ1v) is 10.9. The Hall–Kier alpha value is -1.27. The molecule has 1 unspecified atom stereocenters. The molecule has 0 N–H and O–H groups in total.